The van der Waals surface area contributed by atoms with Gasteiger partial charge in [-0.3, -0.25) is 0 Å². The number of halogens is 3. The van der Waals surface area contributed by atoms with E-state index >= 15 is 0 Å². The Bertz CT molecular complexity index is 624. The van der Waals surface area contributed by atoms with Gasteiger partial charge in [0.2, 0.25) is 0 Å². The second-order valence-electron chi connectivity index (χ2n) is 5.17. The minimum atomic E-state index is -0.375. The molecule has 0 saturated heterocycles. The van der Waals surface area contributed by atoms with Crippen molar-refractivity contribution in [3.8, 4) is 0 Å². The number of anilines is 1. The van der Waals surface area contributed by atoms with Gasteiger partial charge < -0.3 is 5.32 Å². The van der Waals surface area contributed by atoms with Gasteiger partial charge in [-0.25, -0.2) is 4.39 Å². The lowest BCUT2D eigenvalue weighted by atomic mass is 9.76. The quantitative estimate of drug-likeness (QED) is 0.790. The summed E-state index contributed by atoms with van der Waals surface area (Å²) in [5.41, 5.74) is 1.73. The molecule has 1 nitrogen and oxygen atoms in total. The molecule has 0 aromatic heterocycles. The molecule has 2 aromatic rings. The van der Waals surface area contributed by atoms with Crippen LogP contribution in [0.3, 0.4) is 0 Å². The van der Waals surface area contributed by atoms with Crippen molar-refractivity contribution in [1.29, 1.82) is 0 Å². The Labute approximate surface area is 127 Å². The maximum Gasteiger partial charge on any atom is 0.164 e. The highest BCUT2D eigenvalue weighted by Gasteiger charge is 2.30. The third-order valence-electron chi connectivity index (χ3n) is 3.77. The molecule has 104 valence electrons. The van der Waals surface area contributed by atoms with Crippen LogP contribution in [0, 0.1) is 5.82 Å². The third kappa shape index (κ3) is 2.77. The van der Waals surface area contributed by atoms with Gasteiger partial charge in [0.1, 0.15) is 0 Å². The highest BCUT2D eigenvalue weighted by molar-refractivity contribution is 6.31. The lowest BCUT2D eigenvalue weighted by molar-refractivity contribution is 0.373. The summed E-state index contributed by atoms with van der Waals surface area (Å²) in [5.74, 6) is 0.119. The van der Waals surface area contributed by atoms with Crippen LogP contribution in [-0.2, 0) is 0 Å². The summed E-state index contributed by atoms with van der Waals surface area (Å²) in [6.45, 7) is 0. The molecule has 2 aromatic carbocycles. The van der Waals surface area contributed by atoms with E-state index in [0.717, 1.165) is 17.9 Å². The van der Waals surface area contributed by atoms with Crippen LogP contribution >= 0.6 is 23.2 Å². The van der Waals surface area contributed by atoms with Crippen LogP contribution in [0.4, 0.5) is 10.1 Å². The van der Waals surface area contributed by atoms with E-state index in [1.54, 1.807) is 18.2 Å². The van der Waals surface area contributed by atoms with E-state index < -0.39 is 0 Å². The number of hydrogen-bond donors (Lipinski definition) is 1. The SMILES string of the molecule is Fc1c(Cl)cccc1NC1CC(c2cccc(Cl)c2)C1. The van der Waals surface area contributed by atoms with Crippen molar-refractivity contribution in [1.82, 2.24) is 0 Å². The Kier molecular flexibility index (Phi) is 3.86. The molecule has 0 spiro atoms. The van der Waals surface area contributed by atoms with E-state index in [-0.39, 0.29) is 16.9 Å². The van der Waals surface area contributed by atoms with Gasteiger partial charge >= 0.3 is 0 Å². The van der Waals surface area contributed by atoms with E-state index in [0.29, 0.717) is 11.6 Å². The van der Waals surface area contributed by atoms with E-state index in [2.05, 4.69) is 11.4 Å². The molecule has 0 aliphatic heterocycles. The first-order valence-electron chi connectivity index (χ1n) is 6.59. The van der Waals surface area contributed by atoms with E-state index in [1.165, 1.54) is 5.56 Å². The summed E-state index contributed by atoms with van der Waals surface area (Å²) in [6, 6.07) is 13.2. The second kappa shape index (κ2) is 5.63. The van der Waals surface area contributed by atoms with Crippen molar-refractivity contribution < 1.29 is 4.39 Å². The average molecular weight is 310 g/mol. The van der Waals surface area contributed by atoms with Crippen LogP contribution in [0.5, 0.6) is 0 Å². The fourth-order valence-corrected chi connectivity index (χ4v) is 2.98. The molecule has 0 unspecified atom stereocenters. The molecule has 0 bridgehead atoms. The lowest BCUT2D eigenvalue weighted by Gasteiger charge is -2.37. The first-order chi connectivity index (χ1) is 9.63. The van der Waals surface area contributed by atoms with Crippen LogP contribution < -0.4 is 5.32 Å². The van der Waals surface area contributed by atoms with Crippen molar-refractivity contribution in [2.75, 3.05) is 5.32 Å². The number of nitrogens with one attached hydrogen (secondary N) is 1. The Morgan fingerprint density at radius 2 is 1.80 bits per heavy atom. The fraction of sp³-hybridized carbons (Fsp3) is 0.250. The van der Waals surface area contributed by atoms with Crippen LogP contribution in [0.2, 0.25) is 10.0 Å². The zero-order chi connectivity index (χ0) is 14.1. The van der Waals surface area contributed by atoms with Crippen LogP contribution in [0.1, 0.15) is 24.3 Å². The summed E-state index contributed by atoms with van der Waals surface area (Å²) in [5, 5.41) is 4.13. The molecule has 1 aliphatic rings. The standard InChI is InChI=1S/C16H14Cl2FN/c17-12-4-1-3-10(7-12)11-8-13(9-11)20-15-6-2-5-14(18)16(15)19/h1-7,11,13,20H,8-9H2. The van der Waals surface area contributed by atoms with Crippen molar-refractivity contribution in [3.05, 3.63) is 63.9 Å². The van der Waals surface area contributed by atoms with Gasteiger partial charge in [0, 0.05) is 11.1 Å². The fourth-order valence-electron chi connectivity index (χ4n) is 2.60. The summed E-state index contributed by atoms with van der Waals surface area (Å²) >= 11 is 11.8. The maximum atomic E-state index is 13.8. The largest absolute Gasteiger partial charge is 0.380 e. The number of hydrogen-bond acceptors (Lipinski definition) is 1. The molecule has 1 N–H and O–H groups in total. The highest BCUT2D eigenvalue weighted by Crippen LogP contribution is 2.39. The molecule has 1 fully saturated rings. The van der Waals surface area contributed by atoms with E-state index in [1.807, 2.05) is 18.2 Å². The molecular weight excluding hydrogens is 296 g/mol. The van der Waals surface area contributed by atoms with Crippen molar-refractivity contribution in [2.24, 2.45) is 0 Å². The first kappa shape index (κ1) is 13.7. The second-order valence-corrected chi connectivity index (χ2v) is 6.01. The van der Waals surface area contributed by atoms with Gasteiger partial charge in [-0.1, -0.05) is 41.4 Å². The van der Waals surface area contributed by atoms with Crippen molar-refractivity contribution in [2.45, 2.75) is 24.8 Å². The summed E-state index contributed by atoms with van der Waals surface area (Å²) in [4.78, 5) is 0. The zero-order valence-electron chi connectivity index (χ0n) is 10.7. The summed E-state index contributed by atoms with van der Waals surface area (Å²) < 4.78 is 13.8. The average Bonchev–Trinajstić information content (AvgIpc) is 2.38. The van der Waals surface area contributed by atoms with Gasteiger partial charge in [0.15, 0.2) is 5.82 Å². The smallest absolute Gasteiger partial charge is 0.164 e. The molecule has 1 saturated carbocycles. The first-order valence-corrected chi connectivity index (χ1v) is 7.35. The molecule has 0 heterocycles. The predicted molar refractivity (Wildman–Crippen MR) is 82.2 cm³/mol. The Morgan fingerprint density at radius 3 is 2.55 bits per heavy atom. The van der Waals surface area contributed by atoms with Gasteiger partial charge in [-0.2, -0.15) is 0 Å². The molecule has 0 amide bonds. The molecule has 3 rings (SSSR count). The number of rotatable bonds is 3. The maximum absolute atomic E-state index is 13.8. The minimum Gasteiger partial charge on any atom is -0.380 e. The molecule has 4 heteroatoms. The summed E-state index contributed by atoms with van der Waals surface area (Å²) in [7, 11) is 0. The third-order valence-corrected chi connectivity index (χ3v) is 4.30. The van der Waals surface area contributed by atoms with Crippen LogP contribution in [0.25, 0.3) is 0 Å². The van der Waals surface area contributed by atoms with Gasteiger partial charge in [0.25, 0.3) is 0 Å². The van der Waals surface area contributed by atoms with E-state index in [4.69, 9.17) is 23.2 Å². The topological polar surface area (TPSA) is 12.0 Å². The van der Waals surface area contributed by atoms with Crippen LogP contribution in [-0.4, -0.2) is 6.04 Å². The predicted octanol–water partition coefficient (Wildman–Crippen LogP) is 5.49. The Morgan fingerprint density at radius 1 is 1.05 bits per heavy atom. The monoisotopic (exact) mass is 309 g/mol. The van der Waals surface area contributed by atoms with Gasteiger partial charge in [-0.05, 0) is 48.6 Å². The highest BCUT2D eigenvalue weighted by atomic mass is 35.5. The molecule has 20 heavy (non-hydrogen) atoms. The summed E-state index contributed by atoms with van der Waals surface area (Å²) in [6.07, 6.45) is 1.96. The van der Waals surface area contributed by atoms with Gasteiger partial charge in [-0.15, -0.1) is 0 Å². The van der Waals surface area contributed by atoms with Crippen molar-refractivity contribution >= 4 is 28.9 Å². The van der Waals surface area contributed by atoms with Crippen molar-refractivity contribution in [3.63, 3.8) is 0 Å². The molecular formula is C16H14Cl2FN. The van der Waals surface area contributed by atoms with E-state index in [9.17, 15) is 4.39 Å². The normalized spacial score (nSPS) is 21.4. The zero-order valence-corrected chi connectivity index (χ0v) is 12.3. The number of benzene rings is 2. The van der Waals surface area contributed by atoms with Crippen LogP contribution in [0.15, 0.2) is 42.5 Å². The lowest BCUT2D eigenvalue weighted by Crippen LogP contribution is -2.34. The molecule has 1 aliphatic carbocycles. The molecule has 0 atom stereocenters. The van der Waals surface area contributed by atoms with Gasteiger partial charge in [0.05, 0.1) is 10.7 Å². The Balaban J connectivity index is 1.62. The minimum absolute atomic E-state index is 0.153. The molecule has 0 radical (unpaired) electrons. The Hall–Kier alpha value is -1.25.